The van der Waals surface area contributed by atoms with Crippen LogP contribution in [0.3, 0.4) is 0 Å². The molecule has 2 aliphatic heterocycles. The van der Waals surface area contributed by atoms with Gasteiger partial charge in [0, 0.05) is 12.1 Å². The van der Waals surface area contributed by atoms with Gasteiger partial charge in [-0.1, -0.05) is 24.3 Å². The quantitative estimate of drug-likeness (QED) is 0.904. The van der Waals surface area contributed by atoms with Gasteiger partial charge >= 0.3 is 0 Å². The number of nitrogens with zero attached hydrogens (tertiary/aromatic N) is 1. The summed E-state index contributed by atoms with van der Waals surface area (Å²) in [6, 6.07) is 12.9. The monoisotopic (exact) mass is 359 g/mol. The van der Waals surface area contributed by atoms with E-state index in [0.29, 0.717) is 6.04 Å². The lowest BCUT2D eigenvalue weighted by Gasteiger charge is -2.38. The molecule has 2 aromatic carbocycles. The van der Waals surface area contributed by atoms with Crippen LogP contribution in [0.25, 0.3) is 0 Å². The van der Waals surface area contributed by atoms with Gasteiger partial charge in [-0.25, -0.2) is 8.78 Å². The van der Waals surface area contributed by atoms with Crippen molar-refractivity contribution < 1.29 is 18.6 Å². The Labute approximate surface area is 152 Å². The van der Waals surface area contributed by atoms with Gasteiger partial charge in [-0.05, 0) is 61.7 Å². The van der Waals surface area contributed by atoms with Crippen molar-refractivity contribution in [3.05, 3.63) is 71.3 Å². The largest absolute Gasteiger partial charge is 0.391 e. The summed E-state index contributed by atoms with van der Waals surface area (Å²) in [6.45, 7) is 0. The summed E-state index contributed by atoms with van der Waals surface area (Å²) < 4.78 is 33.1. The standard InChI is InChI=1S/C21H23F2NO2/c1-24-17-10-18(12-19(24)20(25)11-17)26-21(13-2-6-15(22)7-3-13)14-4-8-16(23)9-5-14/h2-9,17-21,25H,10-12H2,1H3/t17?,18-,19?,20-/m0/s1. The van der Waals surface area contributed by atoms with E-state index < -0.39 is 0 Å². The Kier molecular flexibility index (Phi) is 4.78. The number of ether oxygens (including phenoxy) is 1. The summed E-state index contributed by atoms with van der Waals surface area (Å²) in [5, 5.41) is 10.2. The number of benzene rings is 2. The fourth-order valence-corrected chi connectivity index (χ4v) is 4.33. The van der Waals surface area contributed by atoms with Crippen molar-refractivity contribution in [2.24, 2.45) is 0 Å². The van der Waals surface area contributed by atoms with Crippen molar-refractivity contribution in [2.45, 2.75) is 49.7 Å². The molecule has 2 aromatic rings. The molecule has 2 bridgehead atoms. The molecule has 0 aliphatic carbocycles. The van der Waals surface area contributed by atoms with E-state index in [-0.39, 0.29) is 36.0 Å². The van der Waals surface area contributed by atoms with Crippen molar-refractivity contribution in [1.82, 2.24) is 4.90 Å². The summed E-state index contributed by atoms with van der Waals surface area (Å²) in [7, 11) is 2.05. The molecule has 4 rings (SSSR count). The summed E-state index contributed by atoms with van der Waals surface area (Å²) in [4.78, 5) is 2.25. The zero-order valence-corrected chi connectivity index (χ0v) is 14.7. The molecule has 0 radical (unpaired) electrons. The minimum atomic E-state index is -0.388. The van der Waals surface area contributed by atoms with Gasteiger partial charge in [0.05, 0.1) is 12.2 Å². The SMILES string of the molecule is CN1C2C[C@H](OC(c3ccc(F)cc3)c3ccc(F)cc3)CC1[C@@H](O)C2. The lowest BCUT2D eigenvalue weighted by atomic mass is 9.97. The van der Waals surface area contributed by atoms with E-state index in [1.165, 1.54) is 24.3 Å². The molecule has 0 aromatic heterocycles. The number of hydrogen-bond donors (Lipinski definition) is 1. The Morgan fingerprint density at radius 3 is 1.96 bits per heavy atom. The van der Waals surface area contributed by atoms with E-state index in [2.05, 4.69) is 11.9 Å². The maximum atomic E-state index is 13.3. The minimum Gasteiger partial charge on any atom is -0.391 e. The maximum Gasteiger partial charge on any atom is 0.123 e. The summed E-state index contributed by atoms with van der Waals surface area (Å²) >= 11 is 0. The van der Waals surface area contributed by atoms with E-state index in [9.17, 15) is 13.9 Å². The number of aliphatic hydroxyl groups is 1. The molecule has 3 nitrogen and oxygen atoms in total. The van der Waals surface area contributed by atoms with Crippen molar-refractivity contribution in [1.29, 1.82) is 0 Å². The van der Waals surface area contributed by atoms with Crippen LogP contribution in [0.5, 0.6) is 0 Å². The molecule has 0 saturated carbocycles. The van der Waals surface area contributed by atoms with Crippen LogP contribution in [0.2, 0.25) is 0 Å². The smallest absolute Gasteiger partial charge is 0.123 e. The fraction of sp³-hybridized carbons (Fsp3) is 0.429. The molecule has 2 aliphatic rings. The van der Waals surface area contributed by atoms with Crippen LogP contribution in [0.15, 0.2) is 48.5 Å². The molecule has 1 N–H and O–H groups in total. The van der Waals surface area contributed by atoms with Gasteiger partial charge in [0.2, 0.25) is 0 Å². The van der Waals surface area contributed by atoms with Gasteiger partial charge in [-0.3, -0.25) is 4.90 Å². The molecular weight excluding hydrogens is 336 g/mol. The molecule has 2 unspecified atom stereocenters. The maximum absolute atomic E-state index is 13.3. The van der Waals surface area contributed by atoms with Crippen LogP contribution in [0.4, 0.5) is 8.78 Å². The molecular formula is C21H23F2NO2. The van der Waals surface area contributed by atoms with Gasteiger partial charge in [0.1, 0.15) is 17.7 Å². The number of hydrogen-bond acceptors (Lipinski definition) is 3. The number of rotatable bonds is 4. The molecule has 26 heavy (non-hydrogen) atoms. The third-order valence-corrected chi connectivity index (χ3v) is 5.77. The van der Waals surface area contributed by atoms with Crippen LogP contribution in [0.1, 0.15) is 36.5 Å². The fourth-order valence-electron chi connectivity index (χ4n) is 4.33. The van der Waals surface area contributed by atoms with Crippen LogP contribution in [-0.4, -0.2) is 41.3 Å². The van der Waals surface area contributed by atoms with Crippen LogP contribution < -0.4 is 0 Å². The van der Waals surface area contributed by atoms with Crippen molar-refractivity contribution in [2.75, 3.05) is 7.05 Å². The van der Waals surface area contributed by atoms with Crippen molar-refractivity contribution in [3.8, 4) is 0 Å². The second kappa shape index (κ2) is 7.06. The highest BCUT2D eigenvalue weighted by Gasteiger charge is 2.45. The second-order valence-electron chi connectivity index (χ2n) is 7.40. The zero-order chi connectivity index (χ0) is 18.3. The number of fused-ring (bicyclic) bond motifs is 2. The molecule has 0 spiro atoms. The van der Waals surface area contributed by atoms with Crippen molar-refractivity contribution in [3.63, 3.8) is 0 Å². The Hall–Kier alpha value is -1.82. The third kappa shape index (κ3) is 3.39. The number of aliphatic hydroxyl groups excluding tert-OH is 1. The van der Waals surface area contributed by atoms with Crippen LogP contribution in [-0.2, 0) is 4.74 Å². The van der Waals surface area contributed by atoms with E-state index in [1.807, 2.05) is 0 Å². The van der Waals surface area contributed by atoms with E-state index >= 15 is 0 Å². The Morgan fingerprint density at radius 1 is 0.923 bits per heavy atom. The normalized spacial score (nSPS) is 28.7. The summed E-state index contributed by atoms with van der Waals surface area (Å²) in [6.07, 6.45) is 1.68. The highest BCUT2D eigenvalue weighted by Crippen LogP contribution is 2.39. The molecule has 138 valence electrons. The lowest BCUT2D eigenvalue weighted by Crippen LogP contribution is -2.45. The molecule has 4 atom stereocenters. The molecule has 2 heterocycles. The Bertz CT molecular complexity index is 704. The van der Waals surface area contributed by atoms with Gasteiger partial charge < -0.3 is 9.84 Å². The first kappa shape index (κ1) is 17.6. The third-order valence-electron chi connectivity index (χ3n) is 5.77. The highest BCUT2D eigenvalue weighted by atomic mass is 19.1. The summed E-state index contributed by atoms with van der Waals surface area (Å²) in [5.41, 5.74) is 1.68. The molecule has 2 saturated heterocycles. The van der Waals surface area contributed by atoms with Gasteiger partial charge in [-0.2, -0.15) is 0 Å². The Balaban J connectivity index is 1.59. The first-order chi connectivity index (χ1) is 12.5. The van der Waals surface area contributed by atoms with E-state index in [4.69, 9.17) is 4.74 Å². The van der Waals surface area contributed by atoms with Crippen LogP contribution in [0, 0.1) is 11.6 Å². The van der Waals surface area contributed by atoms with Gasteiger partial charge in [-0.15, -0.1) is 0 Å². The van der Waals surface area contributed by atoms with Gasteiger partial charge in [0.15, 0.2) is 0 Å². The first-order valence-electron chi connectivity index (χ1n) is 9.07. The van der Waals surface area contributed by atoms with Gasteiger partial charge in [0.25, 0.3) is 0 Å². The van der Waals surface area contributed by atoms with E-state index in [1.54, 1.807) is 24.3 Å². The minimum absolute atomic E-state index is 0.00143. The van der Waals surface area contributed by atoms with E-state index in [0.717, 1.165) is 30.4 Å². The highest BCUT2D eigenvalue weighted by molar-refractivity contribution is 5.30. The van der Waals surface area contributed by atoms with Crippen molar-refractivity contribution >= 4 is 0 Å². The average Bonchev–Trinajstić information content (AvgIpc) is 2.79. The topological polar surface area (TPSA) is 32.7 Å². The average molecular weight is 359 g/mol. The molecule has 5 heteroatoms. The first-order valence-corrected chi connectivity index (χ1v) is 9.07. The predicted molar refractivity (Wildman–Crippen MR) is 94.7 cm³/mol. The molecule has 0 amide bonds. The Morgan fingerprint density at radius 2 is 1.46 bits per heavy atom. The lowest BCUT2D eigenvalue weighted by molar-refractivity contribution is -0.0495. The molecule has 2 fully saturated rings. The van der Waals surface area contributed by atoms with Crippen LogP contribution >= 0.6 is 0 Å². The number of halogens is 2. The summed E-state index contributed by atoms with van der Waals surface area (Å²) in [5.74, 6) is -0.598. The predicted octanol–water partition coefficient (Wildman–Crippen LogP) is 3.67. The number of piperidine rings is 1. The number of likely N-dealkylation sites (N-methyl/N-ethyl adjacent to an activating group) is 1. The zero-order valence-electron chi connectivity index (χ0n) is 14.7. The second-order valence-corrected chi connectivity index (χ2v) is 7.40.